The summed E-state index contributed by atoms with van der Waals surface area (Å²) in [6.07, 6.45) is 6.45. The van der Waals surface area contributed by atoms with Gasteiger partial charge in [0.25, 0.3) is 5.91 Å². The molecule has 3 N–H and O–H groups in total. The lowest BCUT2D eigenvalue weighted by Crippen LogP contribution is -2.47. The number of anilines is 1. The Morgan fingerprint density at radius 3 is 2.34 bits per heavy atom. The molecule has 178 valence electrons. The van der Waals surface area contributed by atoms with Crippen LogP contribution in [0.25, 0.3) is 0 Å². The molecule has 0 bridgehead atoms. The van der Waals surface area contributed by atoms with Crippen LogP contribution in [0, 0.1) is 5.41 Å². The van der Waals surface area contributed by atoms with E-state index in [2.05, 4.69) is 39.3 Å². The molecule has 2 fully saturated rings. The summed E-state index contributed by atoms with van der Waals surface area (Å²) < 4.78 is 5.90. The van der Waals surface area contributed by atoms with Crippen LogP contribution in [0.1, 0.15) is 57.9 Å². The molecule has 0 saturated carbocycles. The van der Waals surface area contributed by atoms with E-state index in [1.165, 1.54) is 25.9 Å². The van der Waals surface area contributed by atoms with Gasteiger partial charge in [0.15, 0.2) is 0 Å². The van der Waals surface area contributed by atoms with Gasteiger partial charge in [0.05, 0.1) is 6.10 Å². The summed E-state index contributed by atoms with van der Waals surface area (Å²) in [6.45, 7) is 10.9. The lowest BCUT2D eigenvalue weighted by molar-refractivity contribution is -0.115. The van der Waals surface area contributed by atoms with Crippen molar-refractivity contribution in [1.29, 1.82) is 5.41 Å². The van der Waals surface area contributed by atoms with Crippen LogP contribution >= 0.6 is 0 Å². The van der Waals surface area contributed by atoms with Gasteiger partial charge in [-0.2, -0.15) is 4.98 Å². The Balaban J connectivity index is 1.49. The maximum atomic E-state index is 12.8. The fourth-order valence-corrected chi connectivity index (χ4v) is 4.50. The van der Waals surface area contributed by atoms with Gasteiger partial charge in [0, 0.05) is 50.9 Å². The first-order valence-electron chi connectivity index (χ1n) is 12.2. The highest BCUT2D eigenvalue weighted by atomic mass is 16.5. The summed E-state index contributed by atoms with van der Waals surface area (Å²) in [5, 5.41) is 14.5. The van der Waals surface area contributed by atoms with Gasteiger partial charge in [-0.25, -0.2) is 0 Å². The van der Waals surface area contributed by atoms with Crippen LogP contribution in [0.5, 0.6) is 5.88 Å². The zero-order valence-electron chi connectivity index (χ0n) is 20.0. The van der Waals surface area contributed by atoms with Crippen molar-refractivity contribution in [3.05, 3.63) is 17.7 Å². The summed E-state index contributed by atoms with van der Waals surface area (Å²) in [5.74, 6) is 0.666. The number of hydrogen-bond donors (Lipinski definition) is 3. The summed E-state index contributed by atoms with van der Waals surface area (Å²) in [7, 11) is 1.75. The van der Waals surface area contributed by atoms with Crippen molar-refractivity contribution in [2.45, 2.75) is 64.5 Å². The van der Waals surface area contributed by atoms with Gasteiger partial charge in [-0.05, 0) is 57.7 Å². The van der Waals surface area contributed by atoms with E-state index >= 15 is 0 Å². The first-order chi connectivity index (χ1) is 15.5. The van der Waals surface area contributed by atoms with E-state index in [0.29, 0.717) is 17.3 Å². The number of piperidine rings is 1. The minimum atomic E-state index is -0.340. The number of aromatic nitrogens is 1. The van der Waals surface area contributed by atoms with E-state index in [9.17, 15) is 4.79 Å². The van der Waals surface area contributed by atoms with Gasteiger partial charge >= 0.3 is 0 Å². The van der Waals surface area contributed by atoms with E-state index in [4.69, 9.17) is 10.1 Å². The minimum Gasteiger partial charge on any atom is -0.474 e. The number of nitrogens with one attached hydrogen (secondary N) is 3. The molecule has 1 aromatic rings. The molecule has 2 aliphatic rings. The second kappa shape index (κ2) is 12.2. The number of nitrogens with zero attached hydrogens (tertiary/aromatic N) is 3. The van der Waals surface area contributed by atoms with Gasteiger partial charge in [-0.3, -0.25) is 10.2 Å². The van der Waals surface area contributed by atoms with Crippen LogP contribution in [0.4, 0.5) is 5.82 Å². The Bertz CT molecular complexity index is 753. The van der Waals surface area contributed by atoms with Crippen molar-refractivity contribution < 1.29 is 9.53 Å². The molecule has 3 heterocycles. The Labute approximate surface area is 192 Å². The average molecular weight is 445 g/mol. The lowest BCUT2D eigenvalue weighted by atomic mass is 10.0. The molecule has 1 aromatic heterocycles. The van der Waals surface area contributed by atoms with Gasteiger partial charge in [0.2, 0.25) is 5.88 Å². The predicted octanol–water partition coefficient (Wildman–Crippen LogP) is 2.73. The van der Waals surface area contributed by atoms with E-state index in [-0.39, 0.29) is 23.8 Å². The van der Waals surface area contributed by atoms with Gasteiger partial charge in [-0.1, -0.05) is 13.8 Å². The molecular formula is C24H40N6O2. The predicted molar refractivity (Wildman–Crippen MR) is 129 cm³/mol. The molecule has 0 aromatic carbocycles. The molecule has 0 aliphatic carbocycles. The molecule has 8 nitrogen and oxygen atoms in total. The van der Waals surface area contributed by atoms with Crippen LogP contribution in [0.2, 0.25) is 0 Å². The Hall–Kier alpha value is -2.19. The van der Waals surface area contributed by atoms with Gasteiger partial charge in [-0.15, -0.1) is 0 Å². The number of ether oxygens (including phenoxy) is 1. The molecule has 8 heteroatoms. The van der Waals surface area contributed by atoms with E-state index in [1.54, 1.807) is 19.2 Å². The number of amides is 1. The summed E-state index contributed by atoms with van der Waals surface area (Å²) in [6, 6.07) is 3.61. The standard InChI is InChI=1S/C24H40N6O2/c1-4-19(5-2)32-21-9-8-20(23(26-3)28-21)22(25)24(31)27-18-10-14-30(15-11-18)17-16-29-12-6-7-13-29/h8-9,18-19,25H,4-7,10-17H2,1-3H3,(H,26,28)(H,27,31). The maximum Gasteiger partial charge on any atom is 0.270 e. The van der Waals surface area contributed by atoms with E-state index in [0.717, 1.165) is 51.9 Å². The minimum absolute atomic E-state index is 0.0626. The second-order valence-electron chi connectivity index (χ2n) is 8.87. The smallest absolute Gasteiger partial charge is 0.270 e. The Kier molecular flexibility index (Phi) is 9.29. The van der Waals surface area contributed by atoms with Crippen molar-refractivity contribution >= 4 is 17.4 Å². The number of likely N-dealkylation sites (tertiary alicyclic amines) is 2. The Morgan fingerprint density at radius 1 is 1.12 bits per heavy atom. The number of rotatable bonds is 11. The number of carbonyl (C=O) groups is 1. The zero-order valence-corrected chi connectivity index (χ0v) is 20.0. The fourth-order valence-electron chi connectivity index (χ4n) is 4.50. The zero-order chi connectivity index (χ0) is 22.9. The molecular weight excluding hydrogens is 404 g/mol. The van der Waals surface area contributed by atoms with Crippen molar-refractivity contribution in [3.8, 4) is 5.88 Å². The van der Waals surface area contributed by atoms with Crippen LogP contribution in [-0.2, 0) is 4.79 Å². The van der Waals surface area contributed by atoms with Crippen LogP contribution < -0.4 is 15.4 Å². The third-order valence-corrected chi connectivity index (χ3v) is 6.65. The molecule has 0 unspecified atom stereocenters. The molecule has 32 heavy (non-hydrogen) atoms. The molecule has 2 saturated heterocycles. The molecule has 0 radical (unpaired) electrons. The first-order valence-corrected chi connectivity index (χ1v) is 12.2. The fraction of sp³-hybridized carbons (Fsp3) is 0.708. The highest BCUT2D eigenvalue weighted by Crippen LogP contribution is 2.21. The third kappa shape index (κ3) is 6.65. The Morgan fingerprint density at radius 2 is 1.75 bits per heavy atom. The highest BCUT2D eigenvalue weighted by molar-refractivity contribution is 6.45. The maximum absolute atomic E-state index is 12.8. The van der Waals surface area contributed by atoms with Gasteiger partial charge < -0.3 is 25.2 Å². The second-order valence-corrected chi connectivity index (χ2v) is 8.87. The van der Waals surface area contributed by atoms with Crippen molar-refractivity contribution in [2.75, 3.05) is 51.6 Å². The SMILES string of the molecule is CCC(CC)Oc1ccc(C(=N)C(=O)NC2CCN(CCN3CCCC3)CC2)c(NC)n1. The average Bonchev–Trinajstić information content (AvgIpc) is 3.35. The summed E-state index contributed by atoms with van der Waals surface area (Å²) in [4.78, 5) is 22.3. The van der Waals surface area contributed by atoms with Gasteiger partial charge in [0.1, 0.15) is 11.5 Å². The molecule has 0 atom stereocenters. The number of pyridine rings is 1. The molecule has 3 rings (SSSR count). The van der Waals surface area contributed by atoms with Crippen LogP contribution in [-0.4, -0.2) is 84.9 Å². The number of carbonyl (C=O) groups excluding carboxylic acids is 1. The normalized spacial score (nSPS) is 18.1. The van der Waals surface area contributed by atoms with Crippen molar-refractivity contribution in [3.63, 3.8) is 0 Å². The largest absolute Gasteiger partial charge is 0.474 e. The topological polar surface area (TPSA) is 93.6 Å². The molecule has 2 aliphatic heterocycles. The van der Waals surface area contributed by atoms with Crippen molar-refractivity contribution in [2.24, 2.45) is 0 Å². The monoisotopic (exact) mass is 444 g/mol. The molecule has 0 spiro atoms. The van der Waals surface area contributed by atoms with Crippen LogP contribution in [0.15, 0.2) is 12.1 Å². The van der Waals surface area contributed by atoms with E-state index < -0.39 is 0 Å². The quantitative estimate of drug-likeness (QED) is 0.455. The molecule has 1 amide bonds. The van der Waals surface area contributed by atoms with E-state index in [1.807, 2.05) is 0 Å². The highest BCUT2D eigenvalue weighted by Gasteiger charge is 2.24. The number of hydrogen-bond acceptors (Lipinski definition) is 7. The van der Waals surface area contributed by atoms with Crippen LogP contribution in [0.3, 0.4) is 0 Å². The lowest BCUT2D eigenvalue weighted by Gasteiger charge is -2.33. The van der Waals surface area contributed by atoms with Crippen molar-refractivity contribution in [1.82, 2.24) is 20.1 Å². The first kappa shape index (κ1) is 24.5. The summed E-state index contributed by atoms with van der Waals surface area (Å²) >= 11 is 0. The summed E-state index contributed by atoms with van der Waals surface area (Å²) in [5.41, 5.74) is 0.428. The third-order valence-electron chi connectivity index (χ3n) is 6.65.